The van der Waals surface area contributed by atoms with Gasteiger partial charge in [-0.1, -0.05) is 6.07 Å². The summed E-state index contributed by atoms with van der Waals surface area (Å²) in [5.74, 6) is -0.342. The number of carbonyl (C=O) groups excluding carboxylic acids is 1. The summed E-state index contributed by atoms with van der Waals surface area (Å²) >= 11 is 3.18. The third-order valence-electron chi connectivity index (χ3n) is 3.40. The third kappa shape index (κ3) is 3.60. The van der Waals surface area contributed by atoms with Gasteiger partial charge in [0.1, 0.15) is 17.1 Å². The molecule has 0 aromatic heterocycles. The highest BCUT2D eigenvalue weighted by atomic mass is 79.9. The molecule has 122 valence electrons. The van der Waals surface area contributed by atoms with E-state index in [4.69, 9.17) is 9.47 Å². The van der Waals surface area contributed by atoms with Crippen molar-refractivity contribution in [3.63, 3.8) is 0 Å². The molecule has 1 atom stereocenters. The highest BCUT2D eigenvalue weighted by Crippen LogP contribution is 2.38. The van der Waals surface area contributed by atoms with Crippen molar-refractivity contribution in [3.05, 3.63) is 34.1 Å². The molecule has 1 aromatic carbocycles. The minimum absolute atomic E-state index is 0.318. The Balaban J connectivity index is 2.33. The quantitative estimate of drug-likeness (QED) is 0.719. The van der Waals surface area contributed by atoms with E-state index in [2.05, 4.69) is 15.9 Å². The molecule has 1 unspecified atom stereocenters. The van der Waals surface area contributed by atoms with Crippen molar-refractivity contribution >= 4 is 22.0 Å². The molecular weight excluding hydrogens is 353 g/mol. The average Bonchev–Trinajstić information content (AvgIpc) is 2.66. The number of benzene rings is 1. The van der Waals surface area contributed by atoms with Crippen LogP contribution in [0.5, 0.6) is 0 Å². The van der Waals surface area contributed by atoms with Gasteiger partial charge in [0.05, 0.1) is 17.1 Å². The molecule has 1 aromatic rings. The zero-order valence-electron chi connectivity index (χ0n) is 13.4. The summed E-state index contributed by atoms with van der Waals surface area (Å²) in [7, 11) is 0. The lowest BCUT2D eigenvalue weighted by atomic mass is 10.1. The second-order valence-electron chi connectivity index (χ2n) is 6.80. The number of hydrogen-bond acceptors (Lipinski definition) is 3. The van der Waals surface area contributed by atoms with Crippen molar-refractivity contribution in [2.45, 2.75) is 52.0 Å². The molecule has 1 aliphatic heterocycles. The molecule has 1 heterocycles. The maximum Gasteiger partial charge on any atom is 0.413 e. The summed E-state index contributed by atoms with van der Waals surface area (Å²) in [5.41, 5.74) is -0.581. The second kappa shape index (κ2) is 5.81. The van der Waals surface area contributed by atoms with Crippen LogP contribution in [-0.2, 0) is 9.47 Å². The minimum atomic E-state index is -0.784. The highest BCUT2D eigenvalue weighted by molar-refractivity contribution is 9.10. The van der Waals surface area contributed by atoms with Crippen LogP contribution in [0.15, 0.2) is 22.7 Å². The van der Waals surface area contributed by atoms with Gasteiger partial charge >= 0.3 is 6.09 Å². The van der Waals surface area contributed by atoms with E-state index >= 15 is 0 Å². The molecule has 1 amide bonds. The first-order chi connectivity index (χ1) is 10.0. The van der Waals surface area contributed by atoms with Crippen molar-refractivity contribution in [3.8, 4) is 0 Å². The Hall–Kier alpha value is -1.14. The van der Waals surface area contributed by atoms with Gasteiger partial charge in [-0.3, -0.25) is 4.90 Å². The van der Waals surface area contributed by atoms with Crippen LogP contribution in [0.25, 0.3) is 0 Å². The number of hydrogen-bond donors (Lipinski definition) is 0. The maximum atomic E-state index is 13.4. The lowest BCUT2D eigenvalue weighted by Crippen LogP contribution is -2.47. The van der Waals surface area contributed by atoms with E-state index in [1.165, 1.54) is 6.07 Å². The number of rotatable bonds is 1. The summed E-state index contributed by atoms with van der Waals surface area (Å²) in [6.45, 7) is 9.42. The van der Waals surface area contributed by atoms with Crippen LogP contribution < -0.4 is 0 Å². The predicted octanol–water partition coefficient (Wildman–Crippen LogP) is 4.63. The van der Waals surface area contributed by atoms with Crippen LogP contribution in [0.3, 0.4) is 0 Å². The van der Waals surface area contributed by atoms with Gasteiger partial charge < -0.3 is 9.47 Å². The number of halogens is 2. The first kappa shape index (κ1) is 17.2. The van der Waals surface area contributed by atoms with Crippen LogP contribution in [0.2, 0.25) is 0 Å². The molecule has 0 bridgehead atoms. The lowest BCUT2D eigenvalue weighted by molar-refractivity contribution is -0.0626. The van der Waals surface area contributed by atoms with Crippen molar-refractivity contribution in [1.82, 2.24) is 4.90 Å². The predicted molar refractivity (Wildman–Crippen MR) is 84.9 cm³/mol. The van der Waals surface area contributed by atoms with E-state index in [-0.39, 0.29) is 11.9 Å². The monoisotopic (exact) mass is 373 g/mol. The van der Waals surface area contributed by atoms with Crippen molar-refractivity contribution in [2.24, 2.45) is 0 Å². The van der Waals surface area contributed by atoms with Gasteiger partial charge in [-0.2, -0.15) is 0 Å². The van der Waals surface area contributed by atoms with Crippen LogP contribution in [0.1, 0.15) is 46.2 Å². The Morgan fingerprint density at radius 1 is 1.45 bits per heavy atom. The van der Waals surface area contributed by atoms with Crippen molar-refractivity contribution in [2.75, 3.05) is 6.61 Å². The molecule has 2 rings (SSSR count). The van der Waals surface area contributed by atoms with Crippen molar-refractivity contribution < 1.29 is 18.7 Å². The van der Waals surface area contributed by atoms with Gasteiger partial charge in [-0.25, -0.2) is 9.18 Å². The van der Waals surface area contributed by atoms with E-state index in [0.717, 1.165) is 5.56 Å². The Bertz CT molecular complexity index is 583. The molecule has 1 saturated heterocycles. The summed E-state index contributed by atoms with van der Waals surface area (Å²) in [6.07, 6.45) is -0.444. The van der Waals surface area contributed by atoms with Gasteiger partial charge in [-0.15, -0.1) is 0 Å². The standard InChI is InChI=1S/C16H21BrFNO3/c1-15(2,3)22-14(20)19-13(9-21-16(19,4)5)10-6-7-12(18)11(17)8-10/h6-8,13H,9H2,1-5H3. The van der Waals surface area contributed by atoms with E-state index in [1.54, 1.807) is 17.0 Å². The van der Waals surface area contributed by atoms with Crippen LogP contribution in [0, 0.1) is 5.82 Å². The van der Waals surface area contributed by atoms with Crippen LogP contribution in [0.4, 0.5) is 9.18 Å². The maximum absolute atomic E-state index is 13.4. The molecule has 0 spiro atoms. The van der Waals surface area contributed by atoms with Gasteiger partial charge in [0.15, 0.2) is 0 Å². The molecule has 22 heavy (non-hydrogen) atoms. The van der Waals surface area contributed by atoms with Gasteiger partial charge in [0.2, 0.25) is 0 Å². The summed E-state index contributed by atoms with van der Waals surface area (Å²) in [5, 5.41) is 0. The normalized spacial score (nSPS) is 21.0. The first-order valence-corrected chi connectivity index (χ1v) is 7.92. The van der Waals surface area contributed by atoms with Gasteiger partial charge in [0.25, 0.3) is 0 Å². The molecule has 1 aliphatic rings. The molecular formula is C16H21BrFNO3. The largest absolute Gasteiger partial charge is 0.444 e. The fourth-order valence-electron chi connectivity index (χ4n) is 2.43. The van der Waals surface area contributed by atoms with Crippen LogP contribution >= 0.6 is 15.9 Å². The smallest absolute Gasteiger partial charge is 0.413 e. The highest BCUT2D eigenvalue weighted by Gasteiger charge is 2.46. The van der Waals surface area contributed by atoms with E-state index in [9.17, 15) is 9.18 Å². The van der Waals surface area contributed by atoms with E-state index in [1.807, 2.05) is 34.6 Å². The first-order valence-electron chi connectivity index (χ1n) is 7.12. The summed E-state index contributed by atoms with van der Waals surface area (Å²) in [6, 6.07) is 4.38. The molecule has 0 radical (unpaired) electrons. The van der Waals surface area contributed by atoms with E-state index < -0.39 is 17.4 Å². The fraction of sp³-hybridized carbons (Fsp3) is 0.562. The lowest BCUT2D eigenvalue weighted by Gasteiger charge is -2.35. The zero-order valence-corrected chi connectivity index (χ0v) is 15.0. The number of ether oxygens (including phenoxy) is 2. The Labute approximate surface area is 138 Å². The van der Waals surface area contributed by atoms with Gasteiger partial charge in [-0.05, 0) is 68.2 Å². The minimum Gasteiger partial charge on any atom is -0.444 e. The summed E-state index contributed by atoms with van der Waals surface area (Å²) in [4.78, 5) is 14.1. The molecule has 0 N–H and O–H groups in total. The third-order valence-corrected chi connectivity index (χ3v) is 4.01. The second-order valence-corrected chi connectivity index (χ2v) is 7.65. The fourth-order valence-corrected chi connectivity index (χ4v) is 2.82. The van der Waals surface area contributed by atoms with Gasteiger partial charge in [0, 0.05) is 0 Å². The van der Waals surface area contributed by atoms with E-state index in [0.29, 0.717) is 11.1 Å². The van der Waals surface area contributed by atoms with Crippen molar-refractivity contribution in [1.29, 1.82) is 0 Å². The number of amides is 1. The average molecular weight is 374 g/mol. The van der Waals surface area contributed by atoms with Crippen LogP contribution in [-0.4, -0.2) is 28.9 Å². The molecule has 0 saturated carbocycles. The Kier molecular flexibility index (Phi) is 4.55. The Morgan fingerprint density at radius 2 is 2.09 bits per heavy atom. The zero-order chi connectivity index (χ0) is 16.7. The summed E-state index contributed by atoms with van der Waals surface area (Å²) < 4.78 is 25.0. The number of carbonyl (C=O) groups is 1. The molecule has 4 nitrogen and oxygen atoms in total. The molecule has 1 fully saturated rings. The molecule has 6 heteroatoms. The SMILES string of the molecule is CC(C)(C)OC(=O)N1C(c2ccc(F)c(Br)c2)COC1(C)C. The molecule has 0 aliphatic carbocycles. The Morgan fingerprint density at radius 3 is 2.64 bits per heavy atom. The number of nitrogens with zero attached hydrogens (tertiary/aromatic N) is 1. The topological polar surface area (TPSA) is 38.8 Å².